The van der Waals surface area contributed by atoms with Gasteiger partial charge < -0.3 is 19.4 Å². The Morgan fingerprint density at radius 3 is 2.82 bits per heavy atom. The van der Waals surface area contributed by atoms with Crippen LogP contribution < -0.4 is 5.32 Å². The largest absolute Gasteiger partial charge is 0.472 e. The van der Waals surface area contributed by atoms with Gasteiger partial charge in [-0.05, 0) is 31.7 Å². The lowest BCUT2D eigenvalue weighted by atomic mass is 10.2. The number of rotatable bonds is 7. The molecule has 0 radical (unpaired) electrons. The minimum atomic E-state index is -0.108. The molecule has 1 aromatic rings. The van der Waals surface area contributed by atoms with E-state index in [9.17, 15) is 9.59 Å². The monoisotopic (exact) mass is 306 g/mol. The Labute approximate surface area is 129 Å². The summed E-state index contributed by atoms with van der Waals surface area (Å²) in [4.78, 5) is 26.1. The lowest BCUT2D eigenvalue weighted by Gasteiger charge is -2.25. The molecule has 0 aromatic carbocycles. The zero-order valence-electron chi connectivity index (χ0n) is 12.6. The number of nitrogens with zero attached hydrogens (tertiary/aromatic N) is 1. The van der Waals surface area contributed by atoms with Crippen molar-refractivity contribution in [1.29, 1.82) is 0 Å². The first-order valence-corrected chi connectivity index (χ1v) is 7.95. The summed E-state index contributed by atoms with van der Waals surface area (Å²) >= 11 is 0. The molecule has 1 atom stereocenters. The Bertz CT molecular complexity index is 504. The highest BCUT2D eigenvalue weighted by molar-refractivity contribution is 5.94. The van der Waals surface area contributed by atoms with Gasteiger partial charge in [-0.2, -0.15) is 0 Å². The van der Waals surface area contributed by atoms with Gasteiger partial charge in [0, 0.05) is 32.2 Å². The van der Waals surface area contributed by atoms with Gasteiger partial charge in [0.05, 0.1) is 17.9 Å². The highest BCUT2D eigenvalue weighted by Crippen LogP contribution is 2.19. The molecule has 6 nitrogen and oxygen atoms in total. The Hall–Kier alpha value is -1.82. The van der Waals surface area contributed by atoms with Crippen molar-refractivity contribution in [2.24, 2.45) is 0 Å². The number of carbonyl (C=O) groups excluding carboxylic acids is 2. The molecular weight excluding hydrogens is 284 g/mol. The van der Waals surface area contributed by atoms with E-state index < -0.39 is 0 Å². The lowest BCUT2D eigenvalue weighted by molar-refractivity contribution is -0.121. The molecule has 0 spiro atoms. The second-order valence-electron chi connectivity index (χ2n) is 5.99. The van der Waals surface area contributed by atoms with Crippen LogP contribution in [0.1, 0.15) is 42.5 Å². The maximum Gasteiger partial charge on any atom is 0.257 e. The first-order chi connectivity index (χ1) is 10.7. The van der Waals surface area contributed by atoms with Gasteiger partial charge in [-0.3, -0.25) is 9.59 Å². The van der Waals surface area contributed by atoms with Crippen LogP contribution in [0.4, 0.5) is 0 Å². The van der Waals surface area contributed by atoms with Crippen LogP contribution in [0.2, 0.25) is 0 Å². The second kappa shape index (κ2) is 6.96. The Balaban J connectivity index is 1.56. The van der Waals surface area contributed by atoms with Crippen LogP contribution in [0, 0.1) is 0 Å². The smallest absolute Gasteiger partial charge is 0.257 e. The number of carbonyl (C=O) groups is 2. The van der Waals surface area contributed by atoms with E-state index in [1.165, 1.54) is 12.5 Å². The van der Waals surface area contributed by atoms with Crippen LogP contribution >= 0.6 is 0 Å². The molecule has 0 bridgehead atoms. The van der Waals surface area contributed by atoms with Crippen molar-refractivity contribution < 1.29 is 18.7 Å². The number of furan rings is 1. The van der Waals surface area contributed by atoms with Crippen LogP contribution in [0.15, 0.2) is 23.0 Å². The summed E-state index contributed by atoms with van der Waals surface area (Å²) in [5.41, 5.74) is 0.514. The Kier molecular flexibility index (Phi) is 4.77. The molecule has 1 N–H and O–H groups in total. The molecule has 1 aliphatic carbocycles. The summed E-state index contributed by atoms with van der Waals surface area (Å²) in [7, 11) is 0. The van der Waals surface area contributed by atoms with Gasteiger partial charge in [0.15, 0.2) is 0 Å². The molecule has 2 fully saturated rings. The number of amides is 2. The van der Waals surface area contributed by atoms with Crippen molar-refractivity contribution in [2.45, 2.75) is 44.2 Å². The Morgan fingerprint density at radius 1 is 1.32 bits per heavy atom. The van der Waals surface area contributed by atoms with Crippen LogP contribution in [0.25, 0.3) is 0 Å². The van der Waals surface area contributed by atoms with Crippen molar-refractivity contribution in [2.75, 3.05) is 19.7 Å². The van der Waals surface area contributed by atoms with Gasteiger partial charge in [0.25, 0.3) is 5.91 Å². The van der Waals surface area contributed by atoms with Gasteiger partial charge in [0.2, 0.25) is 5.91 Å². The molecule has 1 saturated heterocycles. The molecule has 1 aromatic heterocycles. The van der Waals surface area contributed by atoms with E-state index in [1.807, 2.05) is 0 Å². The SMILES string of the molecule is O=C(CCN(CC1CCCO1)C(=O)c1ccoc1)NC1CC1. The van der Waals surface area contributed by atoms with Crippen LogP contribution in [-0.4, -0.2) is 48.6 Å². The van der Waals surface area contributed by atoms with Gasteiger partial charge in [-0.15, -0.1) is 0 Å². The maximum atomic E-state index is 12.5. The summed E-state index contributed by atoms with van der Waals surface area (Å²) in [5.74, 6) is -0.0942. The van der Waals surface area contributed by atoms with Crippen LogP contribution in [0.5, 0.6) is 0 Å². The van der Waals surface area contributed by atoms with Crippen LogP contribution in [-0.2, 0) is 9.53 Å². The molecule has 2 amide bonds. The summed E-state index contributed by atoms with van der Waals surface area (Å²) in [6.07, 6.45) is 7.45. The molecule has 6 heteroatoms. The predicted octanol–water partition coefficient (Wildman–Crippen LogP) is 1.57. The molecule has 120 valence electrons. The van der Waals surface area contributed by atoms with Crippen molar-refractivity contribution in [3.63, 3.8) is 0 Å². The fraction of sp³-hybridized carbons (Fsp3) is 0.625. The van der Waals surface area contributed by atoms with Gasteiger partial charge >= 0.3 is 0 Å². The van der Waals surface area contributed by atoms with Gasteiger partial charge in [0.1, 0.15) is 6.26 Å². The topological polar surface area (TPSA) is 71.8 Å². The average Bonchev–Trinajstić information content (AvgIpc) is 2.99. The van der Waals surface area contributed by atoms with Crippen molar-refractivity contribution in [1.82, 2.24) is 10.2 Å². The fourth-order valence-electron chi connectivity index (χ4n) is 2.64. The second-order valence-corrected chi connectivity index (χ2v) is 5.99. The summed E-state index contributed by atoms with van der Waals surface area (Å²) in [5, 5.41) is 2.95. The van der Waals surface area contributed by atoms with E-state index in [0.29, 0.717) is 31.1 Å². The first-order valence-electron chi connectivity index (χ1n) is 7.95. The molecule has 2 heterocycles. The van der Waals surface area contributed by atoms with Crippen molar-refractivity contribution >= 4 is 11.8 Å². The van der Waals surface area contributed by atoms with E-state index in [0.717, 1.165) is 32.3 Å². The molecule has 1 unspecified atom stereocenters. The summed E-state index contributed by atoms with van der Waals surface area (Å²) in [6, 6.07) is 2.00. The number of nitrogens with one attached hydrogen (secondary N) is 1. The lowest BCUT2D eigenvalue weighted by Crippen LogP contribution is -2.40. The molecule has 2 aliphatic rings. The highest BCUT2D eigenvalue weighted by Gasteiger charge is 2.26. The third kappa shape index (κ3) is 4.10. The van der Waals surface area contributed by atoms with E-state index in [1.54, 1.807) is 11.0 Å². The number of ether oxygens (including phenoxy) is 1. The minimum absolute atomic E-state index is 0.0137. The van der Waals surface area contributed by atoms with E-state index in [-0.39, 0.29) is 17.9 Å². The van der Waals surface area contributed by atoms with Crippen molar-refractivity contribution in [3.05, 3.63) is 24.2 Å². The third-order valence-electron chi connectivity index (χ3n) is 4.05. The quantitative estimate of drug-likeness (QED) is 0.830. The molecular formula is C16H22N2O4. The normalized spacial score (nSPS) is 20.8. The van der Waals surface area contributed by atoms with Crippen LogP contribution in [0.3, 0.4) is 0 Å². The maximum absolute atomic E-state index is 12.5. The van der Waals surface area contributed by atoms with Gasteiger partial charge in [-0.1, -0.05) is 0 Å². The van der Waals surface area contributed by atoms with Crippen molar-refractivity contribution in [3.8, 4) is 0 Å². The number of hydrogen-bond acceptors (Lipinski definition) is 4. The van der Waals surface area contributed by atoms with E-state index in [2.05, 4.69) is 5.32 Å². The molecule has 1 saturated carbocycles. The molecule has 1 aliphatic heterocycles. The van der Waals surface area contributed by atoms with Gasteiger partial charge in [-0.25, -0.2) is 0 Å². The first kappa shape index (κ1) is 15.1. The van der Waals surface area contributed by atoms with E-state index in [4.69, 9.17) is 9.15 Å². The zero-order chi connectivity index (χ0) is 15.4. The van der Waals surface area contributed by atoms with E-state index >= 15 is 0 Å². The average molecular weight is 306 g/mol. The number of hydrogen-bond donors (Lipinski definition) is 1. The molecule has 22 heavy (non-hydrogen) atoms. The fourth-order valence-corrected chi connectivity index (χ4v) is 2.64. The highest BCUT2D eigenvalue weighted by atomic mass is 16.5. The Morgan fingerprint density at radius 2 is 2.18 bits per heavy atom. The minimum Gasteiger partial charge on any atom is -0.472 e. The predicted molar refractivity (Wildman–Crippen MR) is 79.4 cm³/mol. The summed E-state index contributed by atoms with van der Waals surface area (Å²) < 4.78 is 10.6. The molecule has 3 rings (SSSR count). The standard InChI is InChI=1S/C16H22N2O4/c19-15(17-13-3-4-13)5-7-18(10-14-2-1-8-22-14)16(20)12-6-9-21-11-12/h6,9,11,13-14H,1-5,7-8,10H2,(H,17,19). The zero-order valence-corrected chi connectivity index (χ0v) is 12.6. The third-order valence-corrected chi connectivity index (χ3v) is 4.05. The summed E-state index contributed by atoms with van der Waals surface area (Å²) in [6.45, 7) is 1.68.